The molecule has 1 saturated heterocycles. The van der Waals surface area contributed by atoms with Gasteiger partial charge in [0, 0.05) is 37.3 Å². The van der Waals surface area contributed by atoms with Gasteiger partial charge in [-0.25, -0.2) is 9.78 Å². The van der Waals surface area contributed by atoms with Crippen LogP contribution in [0.25, 0.3) is 11.2 Å². The quantitative estimate of drug-likeness (QED) is 0.526. The van der Waals surface area contributed by atoms with Gasteiger partial charge >= 0.3 is 6.09 Å². The summed E-state index contributed by atoms with van der Waals surface area (Å²) in [5, 5.41) is 7.12. The zero-order valence-corrected chi connectivity index (χ0v) is 21.8. The largest absolute Gasteiger partial charge is 0.450 e. The first-order chi connectivity index (χ1) is 15.4. The third kappa shape index (κ3) is 6.55. The van der Waals surface area contributed by atoms with E-state index < -0.39 is 0 Å². The first-order valence-corrected chi connectivity index (χ1v) is 11.9. The molecule has 12 heteroatoms. The number of nitrogens with two attached hydrogens (primary N) is 1. The van der Waals surface area contributed by atoms with Crippen molar-refractivity contribution in [1.29, 1.82) is 0 Å². The van der Waals surface area contributed by atoms with E-state index in [4.69, 9.17) is 20.4 Å². The number of fused-ring (bicyclic) bond motifs is 1. The average Bonchev–Trinajstić information content (AvgIpc) is 3.21. The van der Waals surface area contributed by atoms with Gasteiger partial charge in [0.05, 0.1) is 12.9 Å². The predicted octanol–water partition coefficient (Wildman–Crippen LogP) is 3.97. The molecule has 1 amide bonds. The summed E-state index contributed by atoms with van der Waals surface area (Å²) in [7, 11) is 0. The zero-order valence-electron chi connectivity index (χ0n) is 20.2. The van der Waals surface area contributed by atoms with Crippen molar-refractivity contribution < 1.29 is 9.53 Å². The SMILES string of the molecule is CCOC(=O)N1CCC(Nc2nc(N[C@H]3CC[C@H](N)CC3)nc3c2ncn3C(C)C)CC1.Cl.Cl. The lowest BCUT2D eigenvalue weighted by atomic mass is 9.92. The highest BCUT2D eigenvalue weighted by molar-refractivity contribution is 5.86. The molecule has 0 aromatic carbocycles. The van der Waals surface area contributed by atoms with Crippen LogP contribution < -0.4 is 16.4 Å². The van der Waals surface area contributed by atoms with Crippen LogP contribution in [0.2, 0.25) is 0 Å². The molecule has 0 atom stereocenters. The molecule has 34 heavy (non-hydrogen) atoms. The number of ether oxygens (including phenoxy) is 1. The fourth-order valence-electron chi connectivity index (χ4n) is 4.52. The number of piperidine rings is 1. The van der Waals surface area contributed by atoms with Gasteiger partial charge in [0.25, 0.3) is 0 Å². The van der Waals surface area contributed by atoms with Gasteiger partial charge in [-0.15, -0.1) is 24.8 Å². The standard InChI is InChI=1S/C22H36N8O2.2ClH/c1-4-32-22(31)29-11-9-17(10-12-29)25-19-18-20(30(13-24-18)14(2)3)28-21(27-19)26-16-7-5-15(23)6-8-16;;/h13-17H,4-12,23H2,1-3H3,(H2,25,26,27,28);2*1H/t15-,16-;;. The molecule has 4 rings (SSSR count). The van der Waals surface area contributed by atoms with Gasteiger partial charge < -0.3 is 30.6 Å². The van der Waals surface area contributed by atoms with Crippen LogP contribution in [0.15, 0.2) is 6.33 Å². The van der Waals surface area contributed by atoms with Crippen molar-refractivity contribution in [1.82, 2.24) is 24.4 Å². The molecule has 4 N–H and O–H groups in total. The zero-order chi connectivity index (χ0) is 22.7. The van der Waals surface area contributed by atoms with E-state index in [0.717, 1.165) is 55.5 Å². The van der Waals surface area contributed by atoms with Crippen LogP contribution in [-0.2, 0) is 4.74 Å². The van der Waals surface area contributed by atoms with E-state index in [1.165, 1.54) is 0 Å². The number of carbonyl (C=O) groups excluding carboxylic acids is 1. The molecule has 192 valence electrons. The Morgan fingerprint density at radius 3 is 2.35 bits per heavy atom. The summed E-state index contributed by atoms with van der Waals surface area (Å²) >= 11 is 0. The fraction of sp³-hybridized carbons (Fsp3) is 0.727. The summed E-state index contributed by atoms with van der Waals surface area (Å²) in [6.07, 6.45) is 7.37. The van der Waals surface area contributed by atoms with Crippen molar-refractivity contribution in [3.63, 3.8) is 0 Å². The van der Waals surface area contributed by atoms with Crippen LogP contribution in [0, 0.1) is 0 Å². The van der Waals surface area contributed by atoms with Crippen molar-refractivity contribution in [3.05, 3.63) is 6.33 Å². The molecule has 2 aromatic heterocycles. The summed E-state index contributed by atoms with van der Waals surface area (Å²) in [6, 6.07) is 1.10. The third-order valence-corrected chi connectivity index (χ3v) is 6.44. The maximum absolute atomic E-state index is 12.0. The Hall–Kier alpha value is -2.04. The molecule has 0 unspecified atom stereocenters. The van der Waals surface area contributed by atoms with Gasteiger partial charge in [-0.2, -0.15) is 9.97 Å². The number of halogens is 2. The summed E-state index contributed by atoms with van der Waals surface area (Å²) in [6.45, 7) is 7.80. The fourth-order valence-corrected chi connectivity index (χ4v) is 4.52. The number of likely N-dealkylation sites (tertiary alicyclic amines) is 1. The lowest BCUT2D eigenvalue weighted by Crippen LogP contribution is -2.42. The lowest BCUT2D eigenvalue weighted by Gasteiger charge is -2.32. The minimum Gasteiger partial charge on any atom is -0.450 e. The van der Waals surface area contributed by atoms with E-state index >= 15 is 0 Å². The molecule has 2 aliphatic rings. The van der Waals surface area contributed by atoms with Crippen molar-refractivity contribution in [3.8, 4) is 0 Å². The summed E-state index contributed by atoms with van der Waals surface area (Å²) in [5.74, 6) is 1.38. The van der Waals surface area contributed by atoms with Crippen molar-refractivity contribution in [2.45, 2.75) is 83.5 Å². The molecule has 0 bridgehead atoms. The van der Waals surface area contributed by atoms with E-state index in [-0.39, 0.29) is 43.0 Å². The number of hydrogen-bond acceptors (Lipinski definition) is 8. The van der Waals surface area contributed by atoms with Crippen LogP contribution in [0.3, 0.4) is 0 Å². The minimum atomic E-state index is -0.232. The molecule has 0 radical (unpaired) electrons. The van der Waals surface area contributed by atoms with Crippen LogP contribution in [0.1, 0.15) is 65.3 Å². The van der Waals surface area contributed by atoms with E-state index in [1.807, 2.05) is 13.3 Å². The summed E-state index contributed by atoms with van der Waals surface area (Å²) in [5.41, 5.74) is 7.67. The van der Waals surface area contributed by atoms with Gasteiger partial charge in [-0.05, 0) is 59.3 Å². The highest BCUT2D eigenvalue weighted by Gasteiger charge is 2.26. The summed E-state index contributed by atoms with van der Waals surface area (Å²) < 4.78 is 7.21. The van der Waals surface area contributed by atoms with E-state index in [9.17, 15) is 4.79 Å². The van der Waals surface area contributed by atoms with Crippen molar-refractivity contribution >= 4 is 53.8 Å². The normalized spacial score (nSPS) is 21.0. The van der Waals surface area contributed by atoms with Gasteiger partial charge in [-0.3, -0.25) is 0 Å². The van der Waals surface area contributed by atoms with Gasteiger partial charge in [0.2, 0.25) is 5.95 Å². The molecule has 0 spiro atoms. The Kier molecular flexibility index (Phi) is 10.5. The smallest absolute Gasteiger partial charge is 0.409 e. The topological polar surface area (TPSA) is 123 Å². The van der Waals surface area contributed by atoms with Gasteiger partial charge in [-0.1, -0.05) is 0 Å². The monoisotopic (exact) mass is 516 g/mol. The maximum atomic E-state index is 12.0. The molecule has 3 heterocycles. The first kappa shape index (κ1) is 28.2. The average molecular weight is 518 g/mol. The molecule has 2 aromatic rings. The Bertz CT molecular complexity index is 925. The molecular weight excluding hydrogens is 479 g/mol. The van der Waals surface area contributed by atoms with Crippen LogP contribution in [0.4, 0.5) is 16.6 Å². The highest BCUT2D eigenvalue weighted by Crippen LogP contribution is 2.27. The Labute approximate surface area is 213 Å². The van der Waals surface area contributed by atoms with E-state index in [1.54, 1.807) is 4.90 Å². The van der Waals surface area contributed by atoms with Crippen molar-refractivity contribution in [2.24, 2.45) is 5.73 Å². The number of imidazole rings is 1. The number of anilines is 2. The predicted molar refractivity (Wildman–Crippen MR) is 139 cm³/mol. The number of aromatic nitrogens is 4. The number of rotatable bonds is 6. The molecule has 10 nitrogen and oxygen atoms in total. The van der Waals surface area contributed by atoms with Crippen molar-refractivity contribution in [2.75, 3.05) is 30.3 Å². The minimum absolute atomic E-state index is 0. The highest BCUT2D eigenvalue weighted by atomic mass is 35.5. The van der Waals surface area contributed by atoms with Gasteiger partial charge in [0.15, 0.2) is 17.0 Å². The first-order valence-electron chi connectivity index (χ1n) is 11.9. The number of nitrogens with one attached hydrogen (secondary N) is 2. The molecular formula is C22H38Cl2N8O2. The number of carbonyl (C=O) groups is 1. The van der Waals surface area contributed by atoms with Gasteiger partial charge in [0.1, 0.15) is 0 Å². The second kappa shape index (κ2) is 12.6. The van der Waals surface area contributed by atoms with E-state index in [2.05, 4.69) is 34.0 Å². The Morgan fingerprint density at radius 1 is 1.09 bits per heavy atom. The number of amides is 1. The summed E-state index contributed by atoms with van der Waals surface area (Å²) in [4.78, 5) is 28.0. The molecule has 1 aliphatic carbocycles. The molecule has 1 aliphatic heterocycles. The third-order valence-electron chi connectivity index (χ3n) is 6.44. The number of nitrogens with zero attached hydrogens (tertiary/aromatic N) is 5. The lowest BCUT2D eigenvalue weighted by molar-refractivity contribution is 0.0983. The molecule has 2 fully saturated rings. The second-order valence-electron chi connectivity index (χ2n) is 9.17. The Morgan fingerprint density at radius 2 is 1.74 bits per heavy atom. The Balaban J connectivity index is 0.00000204. The van der Waals surface area contributed by atoms with E-state index in [0.29, 0.717) is 37.7 Å². The van der Waals surface area contributed by atoms with Crippen LogP contribution >= 0.6 is 24.8 Å². The molecule has 1 saturated carbocycles. The van der Waals surface area contributed by atoms with Crippen LogP contribution in [0.5, 0.6) is 0 Å². The maximum Gasteiger partial charge on any atom is 0.409 e. The van der Waals surface area contributed by atoms with Crippen LogP contribution in [-0.4, -0.2) is 68.3 Å². The second-order valence-corrected chi connectivity index (χ2v) is 9.17. The number of hydrogen-bond donors (Lipinski definition) is 3.